The number of rotatable bonds is 1. The summed E-state index contributed by atoms with van der Waals surface area (Å²) in [5.41, 5.74) is 1.53. The number of hydrogen-bond acceptors (Lipinski definition) is 2. The van der Waals surface area contributed by atoms with Crippen LogP contribution in [0.15, 0.2) is 24.3 Å². The first-order valence-corrected chi connectivity index (χ1v) is 8.13. The molecule has 1 unspecified atom stereocenters. The molecule has 118 valence electrons. The number of amides is 2. The van der Waals surface area contributed by atoms with E-state index < -0.39 is 0 Å². The number of hydrogen-bond donors (Lipinski definition) is 0. The number of benzene rings is 1. The fraction of sp³-hybridized carbons (Fsp3) is 0.556. The molecule has 0 radical (unpaired) electrons. The van der Waals surface area contributed by atoms with Gasteiger partial charge in [0.25, 0.3) is 5.91 Å². The van der Waals surface area contributed by atoms with Gasteiger partial charge in [-0.1, -0.05) is 17.7 Å². The fourth-order valence-corrected chi connectivity index (χ4v) is 3.83. The van der Waals surface area contributed by atoms with E-state index in [2.05, 4.69) is 0 Å². The molecule has 2 heterocycles. The standard InChI is InChI=1S/C18H24N2O2/c1-14-5-7-15(8-6-14)16(21)20-12-4-10-18(13-20)9-3-11-19(2)17(18)22/h5-8H,3-4,9-13H2,1-2H3. The van der Waals surface area contributed by atoms with Crippen molar-refractivity contribution in [1.29, 1.82) is 0 Å². The monoisotopic (exact) mass is 300 g/mol. The lowest BCUT2D eigenvalue weighted by Gasteiger charge is -2.46. The molecule has 0 aliphatic carbocycles. The van der Waals surface area contributed by atoms with Gasteiger partial charge in [0.05, 0.1) is 5.41 Å². The summed E-state index contributed by atoms with van der Waals surface area (Å²) in [6.45, 7) is 4.18. The zero-order chi connectivity index (χ0) is 15.7. The van der Waals surface area contributed by atoms with Gasteiger partial charge < -0.3 is 9.80 Å². The molecule has 1 aromatic rings. The van der Waals surface area contributed by atoms with E-state index in [4.69, 9.17) is 0 Å². The van der Waals surface area contributed by atoms with E-state index in [0.717, 1.165) is 49.9 Å². The number of carbonyl (C=O) groups excluding carboxylic acids is 2. The Hall–Kier alpha value is -1.84. The number of nitrogens with zero attached hydrogens (tertiary/aromatic N) is 2. The quantitative estimate of drug-likeness (QED) is 0.799. The predicted molar refractivity (Wildman–Crippen MR) is 85.6 cm³/mol. The van der Waals surface area contributed by atoms with Gasteiger partial charge in [0.2, 0.25) is 5.91 Å². The Morgan fingerprint density at radius 1 is 1.09 bits per heavy atom. The van der Waals surface area contributed by atoms with Crippen LogP contribution in [0.4, 0.5) is 0 Å². The Bertz CT molecular complexity index is 577. The Kier molecular flexibility index (Phi) is 3.94. The van der Waals surface area contributed by atoms with E-state index in [-0.39, 0.29) is 17.2 Å². The minimum absolute atomic E-state index is 0.0556. The summed E-state index contributed by atoms with van der Waals surface area (Å²) in [4.78, 5) is 29.1. The van der Waals surface area contributed by atoms with Gasteiger partial charge in [-0.15, -0.1) is 0 Å². The first kappa shape index (κ1) is 15.1. The highest BCUT2D eigenvalue weighted by Gasteiger charge is 2.46. The Balaban J connectivity index is 1.79. The molecule has 0 N–H and O–H groups in total. The van der Waals surface area contributed by atoms with Crippen molar-refractivity contribution in [1.82, 2.24) is 9.80 Å². The molecule has 4 heteroatoms. The van der Waals surface area contributed by atoms with Crippen molar-refractivity contribution >= 4 is 11.8 Å². The molecule has 22 heavy (non-hydrogen) atoms. The molecule has 2 saturated heterocycles. The summed E-state index contributed by atoms with van der Waals surface area (Å²) >= 11 is 0. The molecule has 2 amide bonds. The van der Waals surface area contributed by atoms with Crippen LogP contribution in [0.2, 0.25) is 0 Å². The summed E-state index contributed by atoms with van der Waals surface area (Å²) in [6.07, 6.45) is 3.77. The second-order valence-corrected chi connectivity index (χ2v) is 6.81. The Labute approximate surface area is 132 Å². The van der Waals surface area contributed by atoms with Gasteiger partial charge in [0.1, 0.15) is 0 Å². The highest BCUT2D eigenvalue weighted by molar-refractivity contribution is 5.95. The lowest BCUT2D eigenvalue weighted by Crippen LogP contribution is -2.56. The van der Waals surface area contributed by atoms with Crippen LogP contribution in [0, 0.1) is 12.3 Å². The second kappa shape index (κ2) is 5.75. The van der Waals surface area contributed by atoms with Gasteiger partial charge in [-0.25, -0.2) is 0 Å². The number of aryl methyl sites for hydroxylation is 1. The average Bonchev–Trinajstić information content (AvgIpc) is 2.53. The topological polar surface area (TPSA) is 40.6 Å². The highest BCUT2D eigenvalue weighted by atomic mass is 16.2. The fourth-order valence-electron chi connectivity index (χ4n) is 3.83. The van der Waals surface area contributed by atoms with E-state index in [0.29, 0.717) is 6.54 Å². The zero-order valence-corrected chi connectivity index (χ0v) is 13.5. The van der Waals surface area contributed by atoms with Crippen LogP contribution in [-0.4, -0.2) is 48.3 Å². The molecule has 2 aliphatic rings. The van der Waals surface area contributed by atoms with Crippen molar-refractivity contribution in [2.75, 3.05) is 26.7 Å². The average molecular weight is 300 g/mol. The van der Waals surface area contributed by atoms with E-state index >= 15 is 0 Å². The van der Waals surface area contributed by atoms with Gasteiger partial charge in [-0.3, -0.25) is 9.59 Å². The third-order valence-electron chi connectivity index (χ3n) is 5.11. The molecule has 1 aromatic carbocycles. The molecule has 0 aromatic heterocycles. The normalized spacial score (nSPS) is 25.6. The Morgan fingerprint density at radius 2 is 1.73 bits per heavy atom. The molecule has 2 fully saturated rings. The molecule has 1 atom stereocenters. The van der Waals surface area contributed by atoms with Crippen molar-refractivity contribution in [2.24, 2.45) is 5.41 Å². The maximum Gasteiger partial charge on any atom is 0.253 e. The van der Waals surface area contributed by atoms with Crippen LogP contribution in [-0.2, 0) is 4.79 Å². The maximum atomic E-state index is 12.7. The lowest BCUT2D eigenvalue weighted by atomic mass is 9.73. The molecule has 3 rings (SSSR count). The highest BCUT2D eigenvalue weighted by Crippen LogP contribution is 2.39. The van der Waals surface area contributed by atoms with Crippen LogP contribution in [0.25, 0.3) is 0 Å². The van der Waals surface area contributed by atoms with Crippen LogP contribution >= 0.6 is 0 Å². The summed E-state index contributed by atoms with van der Waals surface area (Å²) in [5.74, 6) is 0.278. The zero-order valence-electron chi connectivity index (χ0n) is 13.5. The minimum atomic E-state index is -0.342. The van der Waals surface area contributed by atoms with Gasteiger partial charge in [-0.2, -0.15) is 0 Å². The molecular weight excluding hydrogens is 276 g/mol. The third-order valence-corrected chi connectivity index (χ3v) is 5.11. The second-order valence-electron chi connectivity index (χ2n) is 6.81. The summed E-state index contributed by atoms with van der Waals surface area (Å²) in [5, 5.41) is 0. The van der Waals surface area contributed by atoms with Crippen molar-refractivity contribution in [3.05, 3.63) is 35.4 Å². The predicted octanol–water partition coefficient (Wildman–Crippen LogP) is 2.47. The van der Waals surface area contributed by atoms with Crippen molar-refractivity contribution in [2.45, 2.75) is 32.6 Å². The first-order valence-electron chi connectivity index (χ1n) is 8.13. The summed E-state index contributed by atoms with van der Waals surface area (Å²) in [6, 6.07) is 7.69. The smallest absolute Gasteiger partial charge is 0.253 e. The van der Waals surface area contributed by atoms with Gasteiger partial charge in [0, 0.05) is 32.2 Å². The van der Waals surface area contributed by atoms with E-state index in [1.54, 1.807) is 0 Å². The first-order chi connectivity index (χ1) is 10.5. The van der Waals surface area contributed by atoms with E-state index in [1.165, 1.54) is 0 Å². The van der Waals surface area contributed by atoms with Crippen molar-refractivity contribution in [3.8, 4) is 0 Å². The lowest BCUT2D eigenvalue weighted by molar-refractivity contribution is -0.148. The summed E-state index contributed by atoms with van der Waals surface area (Å²) in [7, 11) is 1.88. The third kappa shape index (κ3) is 2.62. The SMILES string of the molecule is Cc1ccc(C(=O)N2CCCC3(CCCN(C)C3=O)C2)cc1. The van der Waals surface area contributed by atoms with Crippen LogP contribution in [0.5, 0.6) is 0 Å². The minimum Gasteiger partial charge on any atom is -0.345 e. The summed E-state index contributed by atoms with van der Waals surface area (Å²) < 4.78 is 0. The van der Waals surface area contributed by atoms with E-state index in [1.807, 2.05) is 48.0 Å². The van der Waals surface area contributed by atoms with Crippen LogP contribution < -0.4 is 0 Å². The van der Waals surface area contributed by atoms with Gasteiger partial charge >= 0.3 is 0 Å². The molecule has 0 saturated carbocycles. The van der Waals surface area contributed by atoms with Crippen LogP contribution in [0.3, 0.4) is 0 Å². The molecule has 0 bridgehead atoms. The van der Waals surface area contributed by atoms with Crippen LogP contribution in [0.1, 0.15) is 41.6 Å². The number of piperidine rings is 2. The molecule has 1 spiro atoms. The number of carbonyl (C=O) groups is 2. The van der Waals surface area contributed by atoms with Gasteiger partial charge in [0.15, 0.2) is 0 Å². The van der Waals surface area contributed by atoms with Crippen molar-refractivity contribution in [3.63, 3.8) is 0 Å². The molecular formula is C18H24N2O2. The number of likely N-dealkylation sites (tertiary alicyclic amines) is 2. The Morgan fingerprint density at radius 3 is 2.41 bits per heavy atom. The van der Waals surface area contributed by atoms with Gasteiger partial charge in [-0.05, 0) is 44.7 Å². The molecule has 2 aliphatic heterocycles. The molecule has 4 nitrogen and oxygen atoms in total. The van der Waals surface area contributed by atoms with Crippen molar-refractivity contribution < 1.29 is 9.59 Å². The largest absolute Gasteiger partial charge is 0.345 e. The maximum absolute atomic E-state index is 12.7. The van der Waals surface area contributed by atoms with E-state index in [9.17, 15) is 9.59 Å².